The number of phosphoric acid groups is 1. The van der Waals surface area contributed by atoms with Gasteiger partial charge in [0.2, 0.25) is 0 Å². The molecule has 6 N–H and O–H groups in total. The lowest BCUT2D eigenvalue weighted by Crippen LogP contribution is -2.40. The molecule has 0 bridgehead atoms. The highest BCUT2D eigenvalue weighted by molar-refractivity contribution is 7.46. The van der Waals surface area contributed by atoms with Crippen LogP contribution in [0.5, 0.6) is 0 Å². The van der Waals surface area contributed by atoms with E-state index in [9.17, 15) is 14.8 Å². The quantitative estimate of drug-likeness (QED) is 0.288. The molecule has 0 saturated carbocycles. The number of hydrogen-bond acceptors (Lipinski definition) is 7. The molecule has 0 unspecified atom stereocenters. The van der Waals surface area contributed by atoms with Crippen molar-refractivity contribution >= 4 is 7.82 Å². The van der Waals surface area contributed by atoms with Gasteiger partial charge in [0, 0.05) is 0 Å². The van der Waals surface area contributed by atoms with Crippen LogP contribution >= 0.6 is 7.82 Å². The molecule has 5 atom stereocenters. The predicted molar refractivity (Wildman–Crippen MR) is 46.9 cm³/mol. The van der Waals surface area contributed by atoms with E-state index in [1.807, 2.05) is 0 Å². The highest BCUT2D eigenvalue weighted by Crippen LogP contribution is 2.41. The molecule has 1 fully saturated rings. The molecule has 96 valence electrons. The fraction of sp³-hybridized carbons (Fsp3) is 1.00. The maximum Gasteiger partial charge on any atom is 0.472 e. The zero-order chi connectivity index (χ0) is 12.5. The summed E-state index contributed by atoms with van der Waals surface area (Å²) in [5.74, 6) is 0. The van der Waals surface area contributed by atoms with E-state index in [0.717, 1.165) is 0 Å². The van der Waals surface area contributed by atoms with Gasteiger partial charge in [-0.3, -0.25) is 4.52 Å². The molecule has 1 aliphatic rings. The summed E-state index contributed by atoms with van der Waals surface area (Å²) in [6.45, 7) is -0.739. The first-order chi connectivity index (χ1) is 7.26. The summed E-state index contributed by atoms with van der Waals surface area (Å²) in [4.78, 5) is 16.9. The highest BCUT2D eigenvalue weighted by atomic mass is 31.2. The Morgan fingerprint density at radius 3 is 2.31 bits per heavy atom. The molecule has 0 aliphatic carbocycles. The van der Waals surface area contributed by atoms with E-state index in [2.05, 4.69) is 4.52 Å². The average molecular weight is 260 g/mol. The van der Waals surface area contributed by atoms with Gasteiger partial charge in [-0.2, -0.15) is 0 Å². The van der Waals surface area contributed by atoms with Crippen LogP contribution in [0.15, 0.2) is 0 Å². The minimum Gasteiger partial charge on any atom is -0.394 e. The Kier molecular flexibility index (Phi) is 4.41. The van der Waals surface area contributed by atoms with Gasteiger partial charge in [0.1, 0.15) is 24.4 Å². The Hall–Kier alpha value is -0.0900. The van der Waals surface area contributed by atoms with E-state index in [-0.39, 0.29) is 0 Å². The van der Waals surface area contributed by atoms with E-state index < -0.39 is 45.1 Å². The zero-order valence-electron chi connectivity index (χ0n) is 7.95. The van der Waals surface area contributed by atoms with Crippen LogP contribution in [-0.2, 0) is 13.8 Å². The second-order valence-corrected chi connectivity index (χ2v) is 4.49. The maximum atomic E-state index is 10.5. The molecule has 0 aromatic heterocycles. The number of phosphoric ester groups is 1. The number of aliphatic hydroxyl groups is 4. The van der Waals surface area contributed by atoms with Gasteiger partial charge in [-0.1, -0.05) is 0 Å². The van der Waals surface area contributed by atoms with E-state index in [4.69, 9.17) is 24.7 Å². The third kappa shape index (κ3) is 3.20. The normalized spacial score (nSPS) is 37.6. The van der Waals surface area contributed by atoms with E-state index in [1.54, 1.807) is 0 Å². The first kappa shape index (κ1) is 14.0. The highest BCUT2D eigenvalue weighted by Gasteiger charge is 2.48. The number of ether oxygens (including phenoxy) is 1. The predicted octanol–water partition coefficient (Wildman–Crippen LogP) is -3.10. The van der Waals surface area contributed by atoms with Crippen molar-refractivity contribution in [1.82, 2.24) is 0 Å². The van der Waals surface area contributed by atoms with Crippen LogP contribution in [-0.4, -0.2) is 67.5 Å². The fourth-order valence-electron chi connectivity index (χ4n) is 1.32. The molecule has 1 rings (SSSR count). The SMILES string of the molecule is O=P(O)(O)O[C@H]1O[C@H]([C@H](O)CO)[C@H](O)[C@@H]1O. The Morgan fingerprint density at radius 1 is 1.31 bits per heavy atom. The van der Waals surface area contributed by atoms with Crippen molar-refractivity contribution in [3.05, 3.63) is 0 Å². The first-order valence-electron chi connectivity index (χ1n) is 4.30. The van der Waals surface area contributed by atoms with Gasteiger partial charge < -0.3 is 34.9 Å². The van der Waals surface area contributed by atoms with Gasteiger partial charge in [0.15, 0.2) is 6.29 Å². The van der Waals surface area contributed by atoms with Crippen molar-refractivity contribution in [2.24, 2.45) is 0 Å². The Bertz CT molecular complexity index is 277. The van der Waals surface area contributed by atoms with Crippen LogP contribution < -0.4 is 0 Å². The topological polar surface area (TPSA) is 157 Å². The van der Waals surface area contributed by atoms with Crippen LogP contribution in [0.25, 0.3) is 0 Å². The van der Waals surface area contributed by atoms with Gasteiger partial charge in [0.05, 0.1) is 6.61 Å². The van der Waals surface area contributed by atoms with Gasteiger partial charge in [-0.25, -0.2) is 4.57 Å². The lowest BCUT2D eigenvalue weighted by atomic mass is 10.1. The van der Waals surface area contributed by atoms with Gasteiger partial charge >= 0.3 is 7.82 Å². The molecule has 0 spiro atoms. The van der Waals surface area contributed by atoms with Gasteiger partial charge in [-0.15, -0.1) is 0 Å². The summed E-state index contributed by atoms with van der Waals surface area (Å²) >= 11 is 0. The molecule has 9 nitrogen and oxygen atoms in total. The average Bonchev–Trinajstić information content (AvgIpc) is 2.43. The Balaban J connectivity index is 2.68. The molecular weight excluding hydrogens is 247 g/mol. The second-order valence-electron chi connectivity index (χ2n) is 3.30. The third-order valence-corrected chi connectivity index (χ3v) is 2.55. The molecule has 16 heavy (non-hydrogen) atoms. The lowest BCUT2D eigenvalue weighted by Gasteiger charge is -2.18. The van der Waals surface area contributed by atoms with Crippen LogP contribution in [0.1, 0.15) is 0 Å². The van der Waals surface area contributed by atoms with Crippen LogP contribution in [0, 0.1) is 0 Å². The van der Waals surface area contributed by atoms with Crippen molar-refractivity contribution in [3.8, 4) is 0 Å². The van der Waals surface area contributed by atoms with Gasteiger partial charge in [0.25, 0.3) is 0 Å². The summed E-state index contributed by atoms with van der Waals surface area (Å²) in [7, 11) is -4.88. The number of hydrogen-bond donors (Lipinski definition) is 6. The number of aliphatic hydroxyl groups excluding tert-OH is 4. The van der Waals surface area contributed by atoms with Crippen LogP contribution in [0.2, 0.25) is 0 Å². The first-order valence-corrected chi connectivity index (χ1v) is 5.83. The molecule has 0 amide bonds. The molecule has 10 heteroatoms. The van der Waals surface area contributed by atoms with Crippen molar-refractivity contribution < 1.29 is 44.0 Å². The molecule has 1 heterocycles. The monoisotopic (exact) mass is 260 g/mol. The van der Waals surface area contributed by atoms with Crippen molar-refractivity contribution in [2.75, 3.05) is 6.61 Å². The molecule has 1 aliphatic heterocycles. The molecular formula is C6H13O9P. The molecule has 0 aromatic carbocycles. The van der Waals surface area contributed by atoms with Crippen LogP contribution in [0.3, 0.4) is 0 Å². The molecule has 0 radical (unpaired) electrons. The van der Waals surface area contributed by atoms with Gasteiger partial charge in [-0.05, 0) is 0 Å². The van der Waals surface area contributed by atoms with E-state index >= 15 is 0 Å². The van der Waals surface area contributed by atoms with Crippen LogP contribution in [0.4, 0.5) is 0 Å². The second kappa shape index (κ2) is 5.05. The lowest BCUT2D eigenvalue weighted by molar-refractivity contribution is -0.144. The summed E-state index contributed by atoms with van der Waals surface area (Å²) in [5.41, 5.74) is 0. The smallest absolute Gasteiger partial charge is 0.394 e. The summed E-state index contributed by atoms with van der Waals surface area (Å²) < 4.78 is 19.2. The van der Waals surface area contributed by atoms with Crippen molar-refractivity contribution in [3.63, 3.8) is 0 Å². The Labute approximate surface area is 90.1 Å². The van der Waals surface area contributed by atoms with Crippen molar-refractivity contribution in [1.29, 1.82) is 0 Å². The zero-order valence-corrected chi connectivity index (χ0v) is 8.84. The molecule has 1 saturated heterocycles. The number of rotatable bonds is 4. The standard InChI is InChI=1S/C6H13O9P/c7-1-2(8)5-3(9)4(10)6(14-5)15-16(11,12)13/h2-10H,1H2,(H2,11,12,13)/t2-,3-,4+,5-,6-/m1/s1. The minimum absolute atomic E-state index is 0.739. The summed E-state index contributed by atoms with van der Waals surface area (Å²) in [6.07, 6.45) is -7.97. The van der Waals surface area contributed by atoms with E-state index in [0.29, 0.717) is 0 Å². The molecule has 0 aromatic rings. The summed E-state index contributed by atoms with van der Waals surface area (Å²) in [6, 6.07) is 0. The minimum atomic E-state index is -4.88. The maximum absolute atomic E-state index is 10.5. The van der Waals surface area contributed by atoms with Crippen molar-refractivity contribution in [2.45, 2.75) is 30.7 Å². The fourth-order valence-corrected chi connectivity index (χ4v) is 1.76. The summed E-state index contributed by atoms with van der Waals surface area (Å²) in [5, 5.41) is 36.4. The third-order valence-electron chi connectivity index (χ3n) is 2.06. The Morgan fingerprint density at radius 2 is 1.88 bits per heavy atom. The van der Waals surface area contributed by atoms with E-state index in [1.165, 1.54) is 0 Å². The largest absolute Gasteiger partial charge is 0.472 e.